The summed E-state index contributed by atoms with van der Waals surface area (Å²) in [5.41, 5.74) is 1.46. The van der Waals surface area contributed by atoms with Gasteiger partial charge in [0.2, 0.25) is 0 Å². The molecule has 0 atom stereocenters. The van der Waals surface area contributed by atoms with Gasteiger partial charge >= 0.3 is 5.97 Å². The van der Waals surface area contributed by atoms with E-state index in [0.717, 1.165) is 16.7 Å². The summed E-state index contributed by atoms with van der Waals surface area (Å²) in [5.74, 6) is 0.356. The van der Waals surface area contributed by atoms with E-state index < -0.39 is 0 Å². The molecule has 3 rings (SSSR count). The Morgan fingerprint density at radius 2 is 2.11 bits per heavy atom. The number of hydrogen-bond donors (Lipinski definition) is 0. The van der Waals surface area contributed by atoms with E-state index in [-0.39, 0.29) is 5.97 Å². The summed E-state index contributed by atoms with van der Waals surface area (Å²) in [7, 11) is 1.35. The zero-order valence-electron chi connectivity index (χ0n) is 10.3. The number of methoxy groups -OCH3 is 1. The highest BCUT2D eigenvalue weighted by molar-refractivity contribution is 5.89. The number of nitrogens with zero attached hydrogens (tertiary/aromatic N) is 3. The first-order valence-corrected chi connectivity index (χ1v) is 5.75. The van der Waals surface area contributed by atoms with Crippen molar-refractivity contribution in [1.29, 1.82) is 0 Å². The van der Waals surface area contributed by atoms with Crippen molar-refractivity contribution in [2.45, 2.75) is 0 Å². The highest BCUT2D eigenvalue weighted by atomic mass is 16.5. The zero-order chi connectivity index (χ0) is 13.2. The van der Waals surface area contributed by atoms with Crippen LogP contribution in [0.3, 0.4) is 0 Å². The van der Waals surface area contributed by atoms with E-state index in [9.17, 15) is 4.79 Å². The molecule has 0 bridgehead atoms. The lowest BCUT2D eigenvalue weighted by atomic mass is 10.3. The summed E-state index contributed by atoms with van der Waals surface area (Å²) < 4.78 is 6.59. The van der Waals surface area contributed by atoms with Crippen molar-refractivity contribution in [3.8, 4) is 5.82 Å². The van der Waals surface area contributed by atoms with E-state index in [1.807, 2.05) is 22.9 Å². The first kappa shape index (κ1) is 11.4. The zero-order valence-corrected chi connectivity index (χ0v) is 10.3. The Balaban J connectivity index is 2.05. The molecule has 0 amide bonds. The molecule has 0 spiro atoms. The molecule has 0 saturated heterocycles. The van der Waals surface area contributed by atoms with Gasteiger partial charge in [0.15, 0.2) is 0 Å². The van der Waals surface area contributed by atoms with Gasteiger partial charge in [0.25, 0.3) is 0 Å². The molecule has 3 heterocycles. The number of rotatable bonds is 2. The van der Waals surface area contributed by atoms with Crippen molar-refractivity contribution in [3.63, 3.8) is 0 Å². The van der Waals surface area contributed by atoms with Gasteiger partial charge in [-0.2, -0.15) is 0 Å². The minimum atomic E-state index is -0.388. The second-order valence-electron chi connectivity index (χ2n) is 4.02. The molecule has 5 nitrogen and oxygen atoms in total. The molecule has 19 heavy (non-hydrogen) atoms. The number of pyridine rings is 2. The van der Waals surface area contributed by atoms with Crippen LogP contribution in [-0.2, 0) is 4.74 Å². The summed E-state index contributed by atoms with van der Waals surface area (Å²) in [6, 6.07) is 7.37. The first-order chi connectivity index (χ1) is 9.29. The van der Waals surface area contributed by atoms with Gasteiger partial charge in [0, 0.05) is 30.2 Å². The van der Waals surface area contributed by atoms with Crippen LogP contribution in [0.1, 0.15) is 10.4 Å². The maximum absolute atomic E-state index is 11.3. The van der Waals surface area contributed by atoms with Gasteiger partial charge in [0.05, 0.1) is 18.2 Å². The van der Waals surface area contributed by atoms with Gasteiger partial charge in [-0.05, 0) is 24.3 Å². The molecule has 3 aromatic rings. The Hall–Kier alpha value is -2.69. The van der Waals surface area contributed by atoms with Crippen molar-refractivity contribution in [1.82, 2.24) is 14.5 Å². The third kappa shape index (κ3) is 1.95. The third-order valence-electron chi connectivity index (χ3n) is 2.91. The molecular formula is C14H11N3O2. The minimum absolute atomic E-state index is 0.388. The predicted molar refractivity (Wildman–Crippen MR) is 70.2 cm³/mol. The molecular weight excluding hydrogens is 242 g/mol. The molecule has 0 aliphatic rings. The van der Waals surface area contributed by atoms with Gasteiger partial charge in [0.1, 0.15) is 5.82 Å². The fraction of sp³-hybridized carbons (Fsp3) is 0.0714. The molecule has 0 N–H and O–H groups in total. The van der Waals surface area contributed by atoms with Crippen LogP contribution < -0.4 is 0 Å². The molecule has 3 aromatic heterocycles. The van der Waals surface area contributed by atoms with Crippen LogP contribution in [0.25, 0.3) is 16.7 Å². The van der Waals surface area contributed by atoms with Gasteiger partial charge in [-0.1, -0.05) is 0 Å². The Kier molecular flexibility index (Phi) is 2.72. The quantitative estimate of drug-likeness (QED) is 0.657. The second kappa shape index (κ2) is 4.53. The van der Waals surface area contributed by atoms with Gasteiger partial charge in [-0.25, -0.2) is 9.78 Å². The Morgan fingerprint density at radius 3 is 2.84 bits per heavy atom. The maximum atomic E-state index is 11.3. The average molecular weight is 253 g/mol. The Bertz CT molecular complexity index is 732. The second-order valence-corrected chi connectivity index (χ2v) is 4.02. The molecule has 5 heteroatoms. The maximum Gasteiger partial charge on any atom is 0.339 e. The van der Waals surface area contributed by atoms with Crippen molar-refractivity contribution >= 4 is 16.9 Å². The van der Waals surface area contributed by atoms with Crippen LogP contribution >= 0.6 is 0 Å². The van der Waals surface area contributed by atoms with E-state index in [0.29, 0.717) is 5.56 Å². The fourth-order valence-electron chi connectivity index (χ4n) is 1.95. The van der Waals surface area contributed by atoms with Crippen LogP contribution in [-0.4, -0.2) is 27.6 Å². The average Bonchev–Trinajstić information content (AvgIpc) is 2.90. The normalized spacial score (nSPS) is 10.6. The van der Waals surface area contributed by atoms with Gasteiger partial charge in [-0.3, -0.25) is 4.98 Å². The van der Waals surface area contributed by atoms with Crippen molar-refractivity contribution < 1.29 is 9.53 Å². The van der Waals surface area contributed by atoms with E-state index in [2.05, 4.69) is 14.7 Å². The van der Waals surface area contributed by atoms with E-state index in [1.54, 1.807) is 24.5 Å². The number of ether oxygens (including phenoxy) is 1. The lowest BCUT2D eigenvalue weighted by molar-refractivity contribution is 0.0600. The third-order valence-corrected chi connectivity index (χ3v) is 2.91. The van der Waals surface area contributed by atoms with Crippen LogP contribution in [0.5, 0.6) is 0 Å². The molecule has 0 radical (unpaired) electrons. The molecule has 0 aliphatic heterocycles. The lowest BCUT2D eigenvalue weighted by Crippen LogP contribution is -2.03. The molecule has 0 fully saturated rings. The smallest absolute Gasteiger partial charge is 0.339 e. The van der Waals surface area contributed by atoms with Crippen LogP contribution in [0.15, 0.2) is 49.1 Å². The molecule has 0 aliphatic carbocycles. The monoisotopic (exact) mass is 253 g/mol. The minimum Gasteiger partial charge on any atom is -0.465 e. The SMILES string of the molecule is COC(=O)c1ccc(-n2ccc3cnccc32)nc1. The predicted octanol–water partition coefficient (Wildman–Crippen LogP) is 2.21. The Morgan fingerprint density at radius 1 is 1.21 bits per heavy atom. The number of esters is 1. The number of fused-ring (bicyclic) bond motifs is 1. The van der Waals surface area contributed by atoms with E-state index in [4.69, 9.17) is 0 Å². The largest absolute Gasteiger partial charge is 0.465 e. The summed E-state index contributed by atoms with van der Waals surface area (Å²) in [6.07, 6.45) is 6.97. The summed E-state index contributed by atoms with van der Waals surface area (Å²) in [6.45, 7) is 0. The summed E-state index contributed by atoms with van der Waals surface area (Å²) >= 11 is 0. The summed E-state index contributed by atoms with van der Waals surface area (Å²) in [5, 5.41) is 1.04. The van der Waals surface area contributed by atoms with Crippen molar-refractivity contribution in [3.05, 3.63) is 54.6 Å². The van der Waals surface area contributed by atoms with E-state index >= 15 is 0 Å². The molecule has 94 valence electrons. The lowest BCUT2D eigenvalue weighted by Gasteiger charge is -2.05. The van der Waals surface area contributed by atoms with E-state index in [1.165, 1.54) is 13.3 Å². The molecule has 0 saturated carbocycles. The van der Waals surface area contributed by atoms with Crippen molar-refractivity contribution in [2.75, 3.05) is 7.11 Å². The molecule has 0 unspecified atom stereocenters. The standard InChI is InChI=1S/C14H11N3O2/c1-19-14(18)11-2-3-13(16-9-11)17-7-5-10-8-15-6-4-12(10)17/h2-9H,1H3. The fourth-order valence-corrected chi connectivity index (χ4v) is 1.95. The topological polar surface area (TPSA) is 57.0 Å². The van der Waals surface area contributed by atoms with Crippen molar-refractivity contribution in [2.24, 2.45) is 0 Å². The number of carbonyl (C=O) groups is 1. The van der Waals surface area contributed by atoms with Gasteiger partial charge in [-0.15, -0.1) is 0 Å². The van der Waals surface area contributed by atoms with Gasteiger partial charge < -0.3 is 9.30 Å². The number of aromatic nitrogens is 3. The molecule has 0 aromatic carbocycles. The first-order valence-electron chi connectivity index (χ1n) is 5.75. The highest BCUT2D eigenvalue weighted by Gasteiger charge is 2.07. The van der Waals surface area contributed by atoms with Crippen LogP contribution in [0.2, 0.25) is 0 Å². The number of carbonyl (C=O) groups excluding carboxylic acids is 1. The number of hydrogen-bond acceptors (Lipinski definition) is 4. The Labute approximate surface area is 109 Å². The van der Waals surface area contributed by atoms with Crippen LogP contribution in [0, 0.1) is 0 Å². The summed E-state index contributed by atoms with van der Waals surface area (Å²) in [4.78, 5) is 19.7. The van der Waals surface area contributed by atoms with Crippen LogP contribution in [0.4, 0.5) is 0 Å². The highest BCUT2D eigenvalue weighted by Crippen LogP contribution is 2.18.